The number of carbonyl (C=O) groups is 1. The molecule has 2 aromatic rings. The number of benzene rings is 2. The number of hydrogen-bond acceptors (Lipinski definition) is 1. The van der Waals surface area contributed by atoms with Crippen LogP contribution >= 0.6 is 0 Å². The smallest absolute Gasteiger partial charge is 0.335 e. The van der Waals surface area contributed by atoms with Gasteiger partial charge in [0, 0.05) is 5.92 Å². The largest absolute Gasteiger partial charge is 0.478 e. The molecule has 2 aliphatic rings. The van der Waals surface area contributed by atoms with Gasteiger partial charge in [-0.15, -0.1) is 0 Å². The molecule has 0 aromatic heterocycles. The second-order valence-corrected chi connectivity index (χ2v) is 9.33. The zero-order valence-corrected chi connectivity index (χ0v) is 17.3. The molecule has 0 spiro atoms. The van der Waals surface area contributed by atoms with Crippen molar-refractivity contribution in [2.75, 3.05) is 0 Å². The third kappa shape index (κ3) is 3.19. The van der Waals surface area contributed by atoms with Crippen LogP contribution in [0.25, 0.3) is 5.57 Å². The van der Waals surface area contributed by atoms with Crippen LogP contribution < -0.4 is 0 Å². The molecule has 1 N–H and O–H groups in total. The quantitative estimate of drug-likeness (QED) is 0.644. The minimum absolute atomic E-state index is 0.235. The van der Waals surface area contributed by atoms with Gasteiger partial charge in [0.1, 0.15) is 0 Å². The third-order valence-corrected chi connectivity index (χ3v) is 7.30. The molecule has 3 unspecified atom stereocenters. The van der Waals surface area contributed by atoms with Crippen molar-refractivity contribution in [3.05, 3.63) is 76.4 Å². The van der Waals surface area contributed by atoms with Gasteiger partial charge in [0.15, 0.2) is 0 Å². The van der Waals surface area contributed by atoms with E-state index in [9.17, 15) is 4.79 Å². The fourth-order valence-electron chi connectivity index (χ4n) is 5.07. The molecule has 146 valence electrons. The lowest BCUT2D eigenvalue weighted by Gasteiger charge is -2.41. The van der Waals surface area contributed by atoms with Crippen LogP contribution in [0.3, 0.4) is 0 Å². The Labute approximate surface area is 168 Å². The summed E-state index contributed by atoms with van der Waals surface area (Å²) in [6.07, 6.45) is 5.81. The maximum Gasteiger partial charge on any atom is 0.335 e. The van der Waals surface area contributed by atoms with Crippen molar-refractivity contribution in [2.45, 2.75) is 64.2 Å². The predicted molar refractivity (Wildman–Crippen MR) is 115 cm³/mol. The van der Waals surface area contributed by atoms with Crippen molar-refractivity contribution in [1.82, 2.24) is 0 Å². The molecular formula is C26H30O2. The standard InChI is InChI=1S/C26H30O2/c1-16-13-17(2)26(3,4)24-12-11-22(15-23(16)24)21-10-9-20(14-21)18-5-7-19(8-6-18)25(27)28/h5-8,11-12,14-17,20H,9-10,13H2,1-4H3,(H,27,28). The second-order valence-electron chi connectivity index (χ2n) is 9.33. The molecule has 0 saturated heterocycles. The van der Waals surface area contributed by atoms with Crippen LogP contribution in [0, 0.1) is 5.92 Å². The van der Waals surface area contributed by atoms with Gasteiger partial charge < -0.3 is 5.11 Å². The Bertz CT molecular complexity index is 933. The summed E-state index contributed by atoms with van der Waals surface area (Å²) in [6.45, 7) is 9.51. The van der Waals surface area contributed by atoms with Crippen molar-refractivity contribution < 1.29 is 9.90 Å². The summed E-state index contributed by atoms with van der Waals surface area (Å²) in [7, 11) is 0. The Kier molecular flexibility index (Phi) is 4.69. The predicted octanol–water partition coefficient (Wildman–Crippen LogP) is 6.77. The first kappa shape index (κ1) is 19.0. The summed E-state index contributed by atoms with van der Waals surface area (Å²) in [6, 6.07) is 14.5. The molecule has 0 fully saturated rings. The van der Waals surface area contributed by atoms with Crippen LogP contribution in [0.4, 0.5) is 0 Å². The maximum atomic E-state index is 11.1. The SMILES string of the molecule is CC1CC(C)C(C)(C)c2ccc(C3=CC(c4ccc(C(=O)O)cc4)CC3)cc21. The first-order valence-corrected chi connectivity index (χ1v) is 10.5. The molecule has 2 aliphatic carbocycles. The lowest BCUT2D eigenvalue weighted by molar-refractivity contribution is 0.0697. The molecular weight excluding hydrogens is 344 g/mol. The normalized spacial score (nSPS) is 25.9. The second kappa shape index (κ2) is 6.92. The fourth-order valence-corrected chi connectivity index (χ4v) is 5.07. The Morgan fingerprint density at radius 2 is 1.79 bits per heavy atom. The van der Waals surface area contributed by atoms with Crippen LogP contribution in [-0.4, -0.2) is 11.1 Å². The van der Waals surface area contributed by atoms with Gasteiger partial charge in [0.25, 0.3) is 0 Å². The first-order chi connectivity index (χ1) is 13.3. The molecule has 0 radical (unpaired) electrons. The highest BCUT2D eigenvalue weighted by atomic mass is 16.4. The number of carboxylic acids is 1. The number of aromatic carboxylic acids is 1. The monoisotopic (exact) mass is 374 g/mol. The molecule has 4 rings (SSSR count). The third-order valence-electron chi connectivity index (χ3n) is 7.30. The van der Waals surface area contributed by atoms with E-state index in [-0.39, 0.29) is 5.41 Å². The minimum Gasteiger partial charge on any atom is -0.478 e. The Balaban J connectivity index is 1.63. The molecule has 0 aliphatic heterocycles. The summed E-state index contributed by atoms with van der Waals surface area (Å²) < 4.78 is 0. The van der Waals surface area contributed by atoms with Crippen molar-refractivity contribution in [2.24, 2.45) is 5.92 Å². The van der Waals surface area contributed by atoms with Gasteiger partial charge in [-0.1, -0.05) is 64.1 Å². The van der Waals surface area contributed by atoms with Gasteiger partial charge in [-0.05, 0) is 76.5 Å². The first-order valence-electron chi connectivity index (χ1n) is 10.5. The van der Waals surface area contributed by atoms with E-state index in [2.05, 4.69) is 52.0 Å². The highest BCUT2D eigenvalue weighted by molar-refractivity contribution is 5.87. The molecule has 0 saturated carbocycles. The topological polar surface area (TPSA) is 37.3 Å². The number of rotatable bonds is 3. The number of hydrogen-bond donors (Lipinski definition) is 1. The molecule has 2 aromatic carbocycles. The van der Waals surface area contributed by atoms with Crippen LogP contribution in [0.1, 0.15) is 91.4 Å². The highest BCUT2D eigenvalue weighted by Gasteiger charge is 2.36. The van der Waals surface area contributed by atoms with E-state index in [1.54, 1.807) is 12.1 Å². The number of fused-ring (bicyclic) bond motifs is 1. The molecule has 2 heteroatoms. The van der Waals surface area contributed by atoms with Gasteiger partial charge in [-0.25, -0.2) is 4.79 Å². The zero-order chi connectivity index (χ0) is 20.1. The summed E-state index contributed by atoms with van der Waals surface area (Å²) in [5.41, 5.74) is 7.63. The molecule has 0 bridgehead atoms. The molecule has 0 heterocycles. The summed E-state index contributed by atoms with van der Waals surface area (Å²) in [5, 5.41) is 9.09. The zero-order valence-electron chi connectivity index (χ0n) is 17.3. The van der Waals surface area contributed by atoms with E-state index < -0.39 is 5.97 Å². The van der Waals surface area contributed by atoms with Gasteiger partial charge >= 0.3 is 5.97 Å². The van der Waals surface area contributed by atoms with Crippen LogP contribution in [0.2, 0.25) is 0 Å². The Morgan fingerprint density at radius 3 is 2.46 bits per heavy atom. The van der Waals surface area contributed by atoms with E-state index >= 15 is 0 Å². The summed E-state index contributed by atoms with van der Waals surface area (Å²) >= 11 is 0. The molecule has 2 nitrogen and oxygen atoms in total. The van der Waals surface area contributed by atoms with Crippen LogP contribution in [0.5, 0.6) is 0 Å². The van der Waals surface area contributed by atoms with E-state index in [1.165, 1.54) is 34.2 Å². The molecule has 0 amide bonds. The van der Waals surface area contributed by atoms with Gasteiger partial charge in [-0.3, -0.25) is 0 Å². The highest BCUT2D eigenvalue weighted by Crippen LogP contribution is 2.47. The van der Waals surface area contributed by atoms with E-state index in [1.807, 2.05) is 12.1 Å². The number of carboxylic acid groups (broad SMARTS) is 1. The molecule has 3 atom stereocenters. The van der Waals surface area contributed by atoms with Crippen molar-refractivity contribution in [3.8, 4) is 0 Å². The Hall–Kier alpha value is -2.35. The fraction of sp³-hybridized carbons (Fsp3) is 0.423. The lowest BCUT2D eigenvalue weighted by Crippen LogP contribution is -2.33. The van der Waals surface area contributed by atoms with Crippen LogP contribution in [0.15, 0.2) is 48.5 Å². The average molecular weight is 375 g/mol. The molecule has 28 heavy (non-hydrogen) atoms. The van der Waals surface area contributed by atoms with Crippen molar-refractivity contribution >= 4 is 11.5 Å². The average Bonchev–Trinajstić information content (AvgIpc) is 3.16. The minimum atomic E-state index is -0.866. The van der Waals surface area contributed by atoms with Gasteiger partial charge in [-0.2, -0.15) is 0 Å². The van der Waals surface area contributed by atoms with Gasteiger partial charge in [0.2, 0.25) is 0 Å². The van der Waals surface area contributed by atoms with Crippen molar-refractivity contribution in [1.29, 1.82) is 0 Å². The van der Waals surface area contributed by atoms with Gasteiger partial charge in [0.05, 0.1) is 5.56 Å². The van der Waals surface area contributed by atoms with E-state index in [0.29, 0.717) is 23.3 Å². The Morgan fingerprint density at radius 1 is 1.07 bits per heavy atom. The summed E-state index contributed by atoms with van der Waals surface area (Å²) in [4.78, 5) is 11.1. The number of allylic oxidation sites excluding steroid dienone is 2. The lowest BCUT2D eigenvalue weighted by atomic mass is 9.63. The van der Waals surface area contributed by atoms with Crippen LogP contribution in [-0.2, 0) is 5.41 Å². The van der Waals surface area contributed by atoms with E-state index in [4.69, 9.17) is 5.11 Å². The maximum absolute atomic E-state index is 11.1. The van der Waals surface area contributed by atoms with E-state index in [0.717, 1.165) is 12.8 Å². The van der Waals surface area contributed by atoms with Crippen molar-refractivity contribution in [3.63, 3.8) is 0 Å². The summed E-state index contributed by atoms with van der Waals surface area (Å²) in [5.74, 6) is 0.821.